The highest BCUT2D eigenvalue weighted by Crippen LogP contribution is 2.32. The molecule has 3 aromatic rings. The lowest BCUT2D eigenvalue weighted by Gasteiger charge is -2.24. The van der Waals surface area contributed by atoms with Crippen molar-refractivity contribution in [1.29, 1.82) is 0 Å². The first-order valence-corrected chi connectivity index (χ1v) is 12.1. The van der Waals surface area contributed by atoms with Crippen LogP contribution in [-0.2, 0) is 34.0 Å². The van der Waals surface area contributed by atoms with Gasteiger partial charge in [-0.15, -0.1) is 5.10 Å². The quantitative estimate of drug-likeness (QED) is 0.351. The third kappa shape index (κ3) is 5.40. The summed E-state index contributed by atoms with van der Waals surface area (Å²) in [5, 5.41) is 11.2. The number of benzene rings is 2. The van der Waals surface area contributed by atoms with Gasteiger partial charge in [0, 0.05) is 24.3 Å². The number of aromatic nitrogens is 3. The molecule has 37 heavy (non-hydrogen) atoms. The van der Waals surface area contributed by atoms with Crippen molar-refractivity contribution in [3.63, 3.8) is 0 Å². The van der Waals surface area contributed by atoms with Crippen LogP contribution in [0.25, 0.3) is 0 Å². The summed E-state index contributed by atoms with van der Waals surface area (Å²) in [6.45, 7) is 6.30. The molecule has 1 N–H and O–H groups in total. The standard InChI is InChI=1S/C27H29N5O5/c1-3-10-37-25-7-5-4-6-18(25)13-31-14-22(32-15-23(29-30-32)27(34)35-2)12-24(31)26(33)28-21-9-8-19-16-36-17-20(19)11-21/h3-9,11,15,22,24H,1,10,12-14,16-17H2,2H3,(H,28,33)/t22-,24+/m1/s1. The number of amides is 1. The van der Waals surface area contributed by atoms with E-state index in [4.69, 9.17) is 14.2 Å². The molecule has 2 aliphatic rings. The van der Waals surface area contributed by atoms with Crippen LogP contribution in [0.15, 0.2) is 61.3 Å². The molecule has 10 heteroatoms. The van der Waals surface area contributed by atoms with E-state index in [0.717, 1.165) is 28.1 Å². The Morgan fingerprint density at radius 1 is 1.22 bits per heavy atom. The molecule has 0 saturated carbocycles. The fourth-order valence-electron chi connectivity index (χ4n) is 4.79. The summed E-state index contributed by atoms with van der Waals surface area (Å²) >= 11 is 0. The van der Waals surface area contributed by atoms with Crippen molar-refractivity contribution in [3.8, 4) is 5.75 Å². The number of fused-ring (bicyclic) bond motifs is 1. The van der Waals surface area contributed by atoms with E-state index in [1.165, 1.54) is 7.11 Å². The maximum atomic E-state index is 13.6. The van der Waals surface area contributed by atoms with E-state index in [0.29, 0.717) is 39.3 Å². The number of para-hydroxylation sites is 1. The number of esters is 1. The number of nitrogens with one attached hydrogen (secondary N) is 1. The molecular formula is C27H29N5O5. The summed E-state index contributed by atoms with van der Waals surface area (Å²) in [5.74, 6) is 0.0841. The van der Waals surface area contributed by atoms with Crippen LogP contribution in [0.4, 0.5) is 5.69 Å². The van der Waals surface area contributed by atoms with Gasteiger partial charge >= 0.3 is 5.97 Å². The minimum Gasteiger partial charge on any atom is -0.489 e. The molecule has 3 heterocycles. The largest absolute Gasteiger partial charge is 0.489 e. The van der Waals surface area contributed by atoms with Crippen LogP contribution < -0.4 is 10.1 Å². The van der Waals surface area contributed by atoms with Gasteiger partial charge in [-0.25, -0.2) is 9.48 Å². The number of likely N-dealkylation sites (tertiary alicyclic amines) is 1. The van der Waals surface area contributed by atoms with Crippen molar-refractivity contribution < 1.29 is 23.8 Å². The van der Waals surface area contributed by atoms with E-state index in [1.807, 2.05) is 42.5 Å². The molecule has 1 amide bonds. The molecule has 0 spiro atoms. The van der Waals surface area contributed by atoms with Crippen LogP contribution >= 0.6 is 0 Å². The SMILES string of the molecule is C=CCOc1ccccc1CN1C[C@H](n2cc(C(=O)OC)nn2)C[C@H]1C(=O)Nc1ccc2c(c1)COC2. The third-order valence-electron chi connectivity index (χ3n) is 6.65. The average Bonchev–Trinajstić information content (AvgIpc) is 3.67. The van der Waals surface area contributed by atoms with Crippen LogP contribution in [0.2, 0.25) is 0 Å². The highest BCUT2D eigenvalue weighted by atomic mass is 16.5. The number of carbonyl (C=O) groups is 2. The zero-order valence-corrected chi connectivity index (χ0v) is 20.6. The van der Waals surface area contributed by atoms with Crippen molar-refractivity contribution >= 4 is 17.6 Å². The van der Waals surface area contributed by atoms with Crippen molar-refractivity contribution in [3.05, 3.63) is 83.7 Å². The number of nitrogens with zero attached hydrogens (tertiary/aromatic N) is 4. The molecule has 10 nitrogen and oxygen atoms in total. The van der Waals surface area contributed by atoms with Crippen LogP contribution in [-0.4, -0.2) is 58.1 Å². The molecule has 2 aromatic carbocycles. The molecule has 1 aromatic heterocycles. The predicted molar refractivity (Wildman–Crippen MR) is 135 cm³/mol. The van der Waals surface area contributed by atoms with Gasteiger partial charge in [0.2, 0.25) is 5.91 Å². The first-order valence-electron chi connectivity index (χ1n) is 12.1. The van der Waals surface area contributed by atoms with Crippen LogP contribution in [0, 0.1) is 0 Å². The van der Waals surface area contributed by atoms with Gasteiger partial charge in [-0.1, -0.05) is 42.1 Å². The van der Waals surface area contributed by atoms with Gasteiger partial charge in [-0.3, -0.25) is 9.69 Å². The zero-order chi connectivity index (χ0) is 25.8. The van der Waals surface area contributed by atoms with Gasteiger partial charge < -0.3 is 19.5 Å². The van der Waals surface area contributed by atoms with Gasteiger partial charge in [0.25, 0.3) is 0 Å². The topological polar surface area (TPSA) is 108 Å². The molecule has 0 unspecified atom stereocenters. The Kier molecular flexibility index (Phi) is 7.29. The Morgan fingerprint density at radius 2 is 2.05 bits per heavy atom. The van der Waals surface area contributed by atoms with Gasteiger partial charge in [0.15, 0.2) is 5.69 Å². The number of carbonyl (C=O) groups excluding carboxylic acids is 2. The predicted octanol–water partition coefficient (Wildman–Crippen LogP) is 3.11. The van der Waals surface area contributed by atoms with Crippen molar-refractivity contribution in [2.75, 3.05) is 25.6 Å². The van der Waals surface area contributed by atoms with Crippen molar-refractivity contribution in [2.24, 2.45) is 0 Å². The van der Waals surface area contributed by atoms with E-state index in [-0.39, 0.29) is 17.6 Å². The van der Waals surface area contributed by atoms with E-state index in [1.54, 1.807) is 17.0 Å². The second-order valence-electron chi connectivity index (χ2n) is 9.08. The number of methoxy groups -OCH3 is 1. The number of rotatable bonds is 9. The maximum absolute atomic E-state index is 13.6. The molecule has 5 rings (SSSR count). The fourth-order valence-corrected chi connectivity index (χ4v) is 4.79. The molecule has 0 aliphatic carbocycles. The summed E-state index contributed by atoms with van der Waals surface area (Å²) in [7, 11) is 1.30. The number of hydrogen-bond acceptors (Lipinski definition) is 8. The normalized spacial score (nSPS) is 18.8. The minimum absolute atomic E-state index is 0.112. The van der Waals surface area contributed by atoms with Gasteiger partial charge in [-0.2, -0.15) is 0 Å². The summed E-state index contributed by atoms with van der Waals surface area (Å²) < 4.78 is 17.7. The Bertz CT molecular complexity index is 1310. The average molecular weight is 504 g/mol. The Hall–Kier alpha value is -4.02. The first-order chi connectivity index (χ1) is 18.1. The summed E-state index contributed by atoms with van der Waals surface area (Å²) in [4.78, 5) is 27.5. The van der Waals surface area contributed by atoms with E-state index < -0.39 is 12.0 Å². The highest BCUT2D eigenvalue weighted by Gasteiger charge is 2.39. The van der Waals surface area contributed by atoms with Crippen LogP contribution in [0.3, 0.4) is 0 Å². The lowest BCUT2D eigenvalue weighted by atomic mass is 10.1. The van der Waals surface area contributed by atoms with E-state index in [9.17, 15) is 9.59 Å². The monoisotopic (exact) mass is 503 g/mol. The van der Waals surface area contributed by atoms with E-state index in [2.05, 4.69) is 27.1 Å². The minimum atomic E-state index is -0.552. The lowest BCUT2D eigenvalue weighted by molar-refractivity contribution is -0.120. The fraction of sp³-hybridized carbons (Fsp3) is 0.333. The molecule has 2 atom stereocenters. The lowest BCUT2D eigenvalue weighted by Crippen LogP contribution is -2.39. The molecule has 0 radical (unpaired) electrons. The van der Waals surface area contributed by atoms with Crippen LogP contribution in [0.1, 0.15) is 39.6 Å². The van der Waals surface area contributed by atoms with Crippen molar-refractivity contribution in [1.82, 2.24) is 19.9 Å². The number of hydrogen-bond donors (Lipinski definition) is 1. The molecular weight excluding hydrogens is 474 g/mol. The second-order valence-corrected chi connectivity index (χ2v) is 9.08. The first kappa shape index (κ1) is 24.7. The second kappa shape index (κ2) is 10.9. The summed E-state index contributed by atoms with van der Waals surface area (Å²) in [6, 6.07) is 13.0. The van der Waals surface area contributed by atoms with E-state index >= 15 is 0 Å². The zero-order valence-electron chi connectivity index (χ0n) is 20.6. The molecule has 0 bridgehead atoms. The van der Waals surface area contributed by atoms with Gasteiger partial charge in [0.1, 0.15) is 12.4 Å². The summed E-state index contributed by atoms with van der Waals surface area (Å²) in [6.07, 6.45) is 3.76. The highest BCUT2D eigenvalue weighted by molar-refractivity contribution is 5.95. The Labute approximate surface area is 214 Å². The Morgan fingerprint density at radius 3 is 2.89 bits per heavy atom. The Balaban J connectivity index is 1.38. The molecule has 1 saturated heterocycles. The van der Waals surface area contributed by atoms with Gasteiger partial charge in [0.05, 0.1) is 38.6 Å². The number of ether oxygens (including phenoxy) is 3. The number of anilines is 1. The molecule has 192 valence electrons. The maximum Gasteiger partial charge on any atom is 0.360 e. The third-order valence-corrected chi connectivity index (χ3v) is 6.65. The van der Waals surface area contributed by atoms with Crippen LogP contribution in [0.5, 0.6) is 5.75 Å². The smallest absolute Gasteiger partial charge is 0.360 e. The summed E-state index contributed by atoms with van der Waals surface area (Å²) in [5.41, 5.74) is 4.06. The van der Waals surface area contributed by atoms with Gasteiger partial charge in [-0.05, 0) is 35.7 Å². The van der Waals surface area contributed by atoms with Crippen molar-refractivity contribution in [2.45, 2.75) is 38.3 Å². The molecule has 1 fully saturated rings. The molecule has 2 aliphatic heterocycles.